The number of non-ortho nitro benzene ring substituents is 1. The molecular formula is C21H17N5O4S2. The lowest BCUT2D eigenvalue weighted by atomic mass is 10.1. The molecule has 0 aliphatic carbocycles. The van der Waals surface area contributed by atoms with Crippen LogP contribution in [0.4, 0.5) is 10.8 Å². The van der Waals surface area contributed by atoms with E-state index < -0.39 is 4.92 Å². The normalized spacial score (nSPS) is 10.9. The summed E-state index contributed by atoms with van der Waals surface area (Å²) in [6, 6.07) is 13.3. The molecule has 2 aromatic heterocycles. The molecule has 1 amide bonds. The van der Waals surface area contributed by atoms with Gasteiger partial charge in [0, 0.05) is 42.3 Å². The number of amides is 1. The Hall–Kier alpha value is -3.57. The molecule has 162 valence electrons. The van der Waals surface area contributed by atoms with Crippen LogP contribution in [0, 0.1) is 10.1 Å². The number of nitrogens with one attached hydrogen (secondary N) is 1. The summed E-state index contributed by atoms with van der Waals surface area (Å²) in [6.45, 7) is 0. The molecule has 2 heterocycles. The average Bonchev–Trinajstić information content (AvgIpc) is 3.25. The molecular weight excluding hydrogens is 450 g/mol. The van der Waals surface area contributed by atoms with E-state index in [9.17, 15) is 19.7 Å². The van der Waals surface area contributed by atoms with E-state index in [-0.39, 0.29) is 23.6 Å². The fourth-order valence-corrected chi connectivity index (χ4v) is 4.63. The van der Waals surface area contributed by atoms with Gasteiger partial charge >= 0.3 is 0 Å². The summed E-state index contributed by atoms with van der Waals surface area (Å²) >= 11 is 2.58. The van der Waals surface area contributed by atoms with Gasteiger partial charge in [-0.2, -0.15) is 0 Å². The van der Waals surface area contributed by atoms with Crippen LogP contribution >= 0.6 is 23.1 Å². The molecule has 0 unspecified atom stereocenters. The lowest BCUT2D eigenvalue weighted by molar-refractivity contribution is -0.384. The van der Waals surface area contributed by atoms with Crippen LogP contribution in [0.5, 0.6) is 0 Å². The third-order valence-corrected chi connectivity index (χ3v) is 6.39. The number of benzene rings is 2. The number of thiazole rings is 1. The van der Waals surface area contributed by atoms with Gasteiger partial charge in [-0.05, 0) is 12.1 Å². The molecule has 4 rings (SSSR count). The van der Waals surface area contributed by atoms with E-state index >= 15 is 0 Å². The molecule has 0 atom stereocenters. The molecule has 0 aliphatic rings. The molecule has 0 bridgehead atoms. The summed E-state index contributed by atoms with van der Waals surface area (Å²) in [5.41, 5.74) is 1.64. The predicted molar refractivity (Wildman–Crippen MR) is 125 cm³/mol. The number of hydrogen-bond donors (Lipinski definition) is 1. The lowest BCUT2D eigenvalue weighted by Crippen LogP contribution is -2.20. The van der Waals surface area contributed by atoms with Crippen molar-refractivity contribution in [3.8, 4) is 11.3 Å². The Balaban J connectivity index is 1.37. The second-order valence-corrected chi connectivity index (χ2v) is 8.69. The van der Waals surface area contributed by atoms with Gasteiger partial charge in [-0.15, -0.1) is 11.3 Å². The second-order valence-electron chi connectivity index (χ2n) is 6.77. The van der Waals surface area contributed by atoms with Gasteiger partial charge in [0.2, 0.25) is 5.91 Å². The van der Waals surface area contributed by atoms with Crippen LogP contribution in [-0.4, -0.2) is 31.1 Å². The van der Waals surface area contributed by atoms with Gasteiger partial charge in [-0.25, -0.2) is 9.97 Å². The maximum atomic E-state index is 12.5. The zero-order chi connectivity index (χ0) is 22.7. The number of nitrogens with zero attached hydrogens (tertiary/aromatic N) is 4. The maximum absolute atomic E-state index is 12.5. The fourth-order valence-electron chi connectivity index (χ4n) is 2.99. The standard InChI is InChI=1S/C21H17N5O4S2/c1-25-19(28)15-7-2-3-8-16(15)23-21(25)31-10-9-18(27)24-20-22-17(12-32-20)13-5-4-6-14(11-13)26(29)30/h2-8,11-12H,9-10H2,1H3,(H,22,24,27). The van der Waals surface area contributed by atoms with Crippen LogP contribution in [0.15, 0.2) is 63.9 Å². The lowest BCUT2D eigenvalue weighted by Gasteiger charge is -2.08. The van der Waals surface area contributed by atoms with Crippen LogP contribution in [-0.2, 0) is 11.8 Å². The van der Waals surface area contributed by atoms with Gasteiger partial charge in [0.25, 0.3) is 11.2 Å². The number of thioether (sulfide) groups is 1. The Morgan fingerprint density at radius 1 is 1.22 bits per heavy atom. The van der Waals surface area contributed by atoms with Gasteiger partial charge in [0.05, 0.1) is 21.5 Å². The highest BCUT2D eigenvalue weighted by Crippen LogP contribution is 2.27. The van der Waals surface area contributed by atoms with Crippen molar-refractivity contribution in [1.82, 2.24) is 14.5 Å². The number of para-hydroxylation sites is 1. The van der Waals surface area contributed by atoms with E-state index in [2.05, 4.69) is 15.3 Å². The molecule has 0 spiro atoms. The van der Waals surface area contributed by atoms with E-state index in [1.54, 1.807) is 42.8 Å². The molecule has 0 aliphatic heterocycles. The smallest absolute Gasteiger partial charge is 0.270 e. The molecule has 2 aromatic carbocycles. The summed E-state index contributed by atoms with van der Waals surface area (Å²) in [6.07, 6.45) is 0.207. The maximum Gasteiger partial charge on any atom is 0.270 e. The Labute approximate surface area is 190 Å². The summed E-state index contributed by atoms with van der Waals surface area (Å²) in [4.78, 5) is 44.1. The number of carbonyl (C=O) groups excluding carboxylic acids is 1. The number of carbonyl (C=O) groups is 1. The zero-order valence-corrected chi connectivity index (χ0v) is 18.5. The van der Waals surface area contributed by atoms with E-state index in [0.29, 0.717) is 38.2 Å². The number of aromatic nitrogens is 3. The van der Waals surface area contributed by atoms with E-state index in [4.69, 9.17) is 0 Å². The van der Waals surface area contributed by atoms with Crippen LogP contribution in [0.3, 0.4) is 0 Å². The summed E-state index contributed by atoms with van der Waals surface area (Å²) < 4.78 is 1.48. The molecule has 32 heavy (non-hydrogen) atoms. The third-order valence-electron chi connectivity index (χ3n) is 4.61. The average molecular weight is 468 g/mol. The number of anilines is 1. The van der Waals surface area contributed by atoms with Crippen molar-refractivity contribution in [3.05, 3.63) is 74.4 Å². The van der Waals surface area contributed by atoms with Crippen molar-refractivity contribution < 1.29 is 9.72 Å². The van der Waals surface area contributed by atoms with Gasteiger partial charge in [-0.3, -0.25) is 24.3 Å². The van der Waals surface area contributed by atoms with Crippen molar-refractivity contribution in [2.75, 3.05) is 11.1 Å². The van der Waals surface area contributed by atoms with Crippen LogP contribution < -0.4 is 10.9 Å². The first-order valence-corrected chi connectivity index (χ1v) is 11.4. The molecule has 0 radical (unpaired) electrons. The molecule has 0 fully saturated rings. The van der Waals surface area contributed by atoms with Crippen molar-refractivity contribution >= 4 is 50.7 Å². The number of rotatable bonds is 7. The summed E-state index contributed by atoms with van der Waals surface area (Å²) in [5.74, 6) is 0.219. The molecule has 1 N–H and O–H groups in total. The molecule has 0 saturated heterocycles. The molecule has 4 aromatic rings. The first-order chi connectivity index (χ1) is 15.4. The van der Waals surface area contributed by atoms with Gasteiger partial charge in [0.1, 0.15) is 0 Å². The largest absolute Gasteiger partial charge is 0.302 e. The zero-order valence-electron chi connectivity index (χ0n) is 16.8. The highest BCUT2D eigenvalue weighted by molar-refractivity contribution is 7.99. The third kappa shape index (κ3) is 4.68. The summed E-state index contributed by atoms with van der Waals surface area (Å²) in [5, 5.41) is 16.9. The number of nitro benzene ring substituents is 1. The molecule has 11 heteroatoms. The Bertz CT molecular complexity index is 1380. The first kappa shape index (κ1) is 21.7. The fraction of sp³-hybridized carbons (Fsp3) is 0.143. The van der Waals surface area contributed by atoms with E-state index in [0.717, 1.165) is 0 Å². The van der Waals surface area contributed by atoms with Crippen molar-refractivity contribution in [2.45, 2.75) is 11.6 Å². The van der Waals surface area contributed by atoms with E-state index in [1.165, 1.54) is 39.8 Å². The minimum Gasteiger partial charge on any atom is -0.302 e. The molecule has 9 nitrogen and oxygen atoms in total. The van der Waals surface area contributed by atoms with Crippen LogP contribution in [0.2, 0.25) is 0 Å². The highest BCUT2D eigenvalue weighted by atomic mass is 32.2. The Morgan fingerprint density at radius 3 is 2.84 bits per heavy atom. The Morgan fingerprint density at radius 2 is 2.03 bits per heavy atom. The van der Waals surface area contributed by atoms with Gasteiger partial charge in [0.15, 0.2) is 10.3 Å². The number of hydrogen-bond acceptors (Lipinski definition) is 8. The van der Waals surface area contributed by atoms with Crippen LogP contribution in [0.25, 0.3) is 22.2 Å². The topological polar surface area (TPSA) is 120 Å². The number of fused-ring (bicyclic) bond motifs is 1. The van der Waals surface area contributed by atoms with Crippen molar-refractivity contribution in [1.29, 1.82) is 0 Å². The SMILES string of the molecule is Cn1c(SCCC(=O)Nc2nc(-c3cccc([N+](=O)[O-])c3)cs2)nc2ccccc2c1=O. The van der Waals surface area contributed by atoms with Crippen LogP contribution in [0.1, 0.15) is 6.42 Å². The highest BCUT2D eigenvalue weighted by Gasteiger charge is 2.13. The predicted octanol–water partition coefficient (Wildman–Crippen LogP) is 4.09. The molecule has 0 saturated carbocycles. The van der Waals surface area contributed by atoms with Crippen molar-refractivity contribution in [3.63, 3.8) is 0 Å². The minimum absolute atomic E-state index is 0.0187. The monoisotopic (exact) mass is 467 g/mol. The van der Waals surface area contributed by atoms with Crippen molar-refractivity contribution in [2.24, 2.45) is 7.05 Å². The number of nitro groups is 1. The Kier molecular flexibility index (Phi) is 6.28. The summed E-state index contributed by atoms with van der Waals surface area (Å²) in [7, 11) is 1.66. The second kappa shape index (κ2) is 9.28. The first-order valence-electron chi connectivity index (χ1n) is 9.51. The minimum atomic E-state index is -0.462. The van der Waals surface area contributed by atoms with E-state index in [1.807, 2.05) is 6.07 Å². The van der Waals surface area contributed by atoms with Gasteiger partial charge < -0.3 is 5.32 Å². The quantitative estimate of drug-likeness (QED) is 0.188. The van der Waals surface area contributed by atoms with Gasteiger partial charge in [-0.1, -0.05) is 36.0 Å².